The molecule has 1 aromatic carbocycles. The van der Waals surface area contributed by atoms with Crippen LogP contribution in [0.25, 0.3) is 0 Å². The predicted molar refractivity (Wildman–Crippen MR) is 76.6 cm³/mol. The van der Waals surface area contributed by atoms with Crippen LogP contribution in [0.2, 0.25) is 0 Å². The van der Waals surface area contributed by atoms with Crippen molar-refractivity contribution in [1.29, 1.82) is 0 Å². The van der Waals surface area contributed by atoms with Gasteiger partial charge < -0.3 is 9.88 Å². The van der Waals surface area contributed by atoms with Crippen molar-refractivity contribution in [2.75, 3.05) is 0 Å². The summed E-state index contributed by atoms with van der Waals surface area (Å²) in [6.45, 7) is 5.99. The molecule has 0 bridgehead atoms. The Bertz CT molecular complexity index is 478. The van der Waals surface area contributed by atoms with Crippen LogP contribution < -0.4 is 5.32 Å². The van der Waals surface area contributed by atoms with Crippen molar-refractivity contribution in [3.63, 3.8) is 0 Å². The summed E-state index contributed by atoms with van der Waals surface area (Å²) in [5.74, 6) is 1.000. The molecule has 0 saturated carbocycles. The molecule has 1 unspecified atom stereocenters. The Morgan fingerprint density at radius 2 is 2.00 bits per heavy atom. The third kappa shape index (κ3) is 3.64. The van der Waals surface area contributed by atoms with Crippen molar-refractivity contribution in [2.24, 2.45) is 0 Å². The van der Waals surface area contributed by atoms with E-state index in [1.165, 1.54) is 5.56 Å². The van der Waals surface area contributed by atoms with Gasteiger partial charge in [-0.05, 0) is 18.9 Å². The molecule has 0 fully saturated rings. The number of rotatable bonds is 7. The van der Waals surface area contributed by atoms with Crippen molar-refractivity contribution in [3.8, 4) is 0 Å². The summed E-state index contributed by atoms with van der Waals surface area (Å²) in [5.41, 5.74) is 1.34. The highest BCUT2D eigenvalue weighted by Crippen LogP contribution is 2.18. The van der Waals surface area contributed by atoms with Crippen molar-refractivity contribution in [3.05, 3.63) is 48.0 Å². The molecule has 2 aromatic rings. The Balaban J connectivity index is 2.02. The quantitative estimate of drug-likeness (QED) is 0.830. The van der Waals surface area contributed by atoms with Gasteiger partial charge in [0.05, 0.1) is 6.54 Å². The Morgan fingerprint density at radius 1 is 1.21 bits per heavy atom. The van der Waals surface area contributed by atoms with Gasteiger partial charge in [0.25, 0.3) is 0 Å². The van der Waals surface area contributed by atoms with Gasteiger partial charge in [-0.3, -0.25) is 0 Å². The van der Waals surface area contributed by atoms with Crippen LogP contribution in [0.15, 0.2) is 36.7 Å². The third-order valence-corrected chi connectivity index (χ3v) is 3.32. The highest BCUT2D eigenvalue weighted by molar-refractivity contribution is 5.18. The Labute approximate surface area is 114 Å². The van der Waals surface area contributed by atoms with Gasteiger partial charge in [0.2, 0.25) is 0 Å². The lowest BCUT2D eigenvalue weighted by atomic mass is 10.0. The maximum atomic E-state index is 4.16. The minimum atomic E-state index is 0.383. The Kier molecular flexibility index (Phi) is 5.10. The molecule has 0 aliphatic carbocycles. The number of nitrogens with zero attached hydrogens (tertiary/aromatic N) is 3. The van der Waals surface area contributed by atoms with Gasteiger partial charge in [-0.1, -0.05) is 43.7 Å². The monoisotopic (exact) mass is 258 g/mol. The molecule has 1 atom stereocenters. The molecule has 0 spiro atoms. The van der Waals surface area contributed by atoms with Gasteiger partial charge in [0.1, 0.15) is 12.2 Å². The van der Waals surface area contributed by atoms with Crippen LogP contribution in [0.4, 0.5) is 0 Å². The van der Waals surface area contributed by atoms with Crippen LogP contribution in [0, 0.1) is 0 Å². The van der Waals surface area contributed by atoms with Crippen molar-refractivity contribution in [2.45, 2.75) is 45.8 Å². The van der Waals surface area contributed by atoms with Gasteiger partial charge in [-0.2, -0.15) is 0 Å². The number of hydrogen-bond donors (Lipinski definition) is 1. The van der Waals surface area contributed by atoms with Gasteiger partial charge in [0, 0.05) is 12.6 Å². The number of aromatic nitrogens is 3. The molecular formula is C15H22N4. The van der Waals surface area contributed by atoms with E-state index >= 15 is 0 Å². The average Bonchev–Trinajstić information content (AvgIpc) is 2.92. The van der Waals surface area contributed by atoms with E-state index in [0.717, 1.165) is 31.8 Å². The van der Waals surface area contributed by atoms with E-state index in [1.807, 2.05) is 0 Å². The van der Waals surface area contributed by atoms with Crippen molar-refractivity contribution < 1.29 is 0 Å². The minimum absolute atomic E-state index is 0.383. The highest BCUT2D eigenvalue weighted by Gasteiger charge is 2.11. The molecule has 1 N–H and O–H groups in total. The lowest BCUT2D eigenvalue weighted by molar-refractivity contribution is 0.476. The lowest BCUT2D eigenvalue weighted by Crippen LogP contribution is -2.22. The molecule has 2 rings (SSSR count). The van der Waals surface area contributed by atoms with E-state index < -0.39 is 0 Å². The van der Waals surface area contributed by atoms with Crippen LogP contribution in [0.3, 0.4) is 0 Å². The Morgan fingerprint density at radius 3 is 2.68 bits per heavy atom. The lowest BCUT2D eigenvalue weighted by Gasteiger charge is -2.18. The van der Waals surface area contributed by atoms with Gasteiger partial charge in [-0.15, -0.1) is 10.2 Å². The molecule has 0 saturated heterocycles. The number of benzene rings is 1. The normalized spacial score (nSPS) is 12.5. The Hall–Kier alpha value is -1.68. The maximum Gasteiger partial charge on any atom is 0.146 e. The molecular weight excluding hydrogens is 236 g/mol. The van der Waals surface area contributed by atoms with E-state index in [0.29, 0.717) is 6.04 Å². The summed E-state index contributed by atoms with van der Waals surface area (Å²) >= 11 is 0. The van der Waals surface area contributed by atoms with Crippen molar-refractivity contribution >= 4 is 0 Å². The summed E-state index contributed by atoms with van der Waals surface area (Å²) in [5, 5.41) is 11.7. The first-order valence-electron chi connectivity index (χ1n) is 7.00. The number of nitrogens with one attached hydrogen (secondary N) is 1. The molecule has 0 aliphatic rings. The molecule has 102 valence electrons. The molecule has 0 aliphatic heterocycles. The second-order valence-corrected chi connectivity index (χ2v) is 4.67. The van der Waals surface area contributed by atoms with Crippen LogP contribution in [0.1, 0.15) is 44.1 Å². The van der Waals surface area contributed by atoms with Crippen LogP contribution in [-0.4, -0.2) is 14.8 Å². The summed E-state index contributed by atoms with van der Waals surface area (Å²) in [6, 6.07) is 11.0. The zero-order valence-electron chi connectivity index (χ0n) is 11.7. The molecule has 4 heteroatoms. The molecule has 1 aromatic heterocycles. The first-order valence-corrected chi connectivity index (χ1v) is 7.00. The fourth-order valence-corrected chi connectivity index (χ4v) is 2.26. The summed E-state index contributed by atoms with van der Waals surface area (Å²) in [7, 11) is 0. The molecule has 4 nitrogen and oxygen atoms in total. The molecule has 0 amide bonds. The second kappa shape index (κ2) is 7.04. The molecule has 19 heavy (non-hydrogen) atoms. The SMILES string of the molecule is CCCC(NCc1nncn1CC)c1ccccc1. The predicted octanol–water partition coefficient (Wildman–Crippen LogP) is 2.93. The fourth-order valence-electron chi connectivity index (χ4n) is 2.26. The molecule has 0 radical (unpaired) electrons. The maximum absolute atomic E-state index is 4.16. The standard InChI is InChI=1S/C15H22N4/c1-3-8-14(13-9-6-5-7-10-13)16-11-15-18-17-12-19(15)4-2/h5-7,9-10,12,14,16H,3-4,8,11H2,1-2H3. The summed E-state index contributed by atoms with van der Waals surface area (Å²) in [6.07, 6.45) is 4.08. The number of hydrogen-bond acceptors (Lipinski definition) is 3. The summed E-state index contributed by atoms with van der Waals surface area (Å²) < 4.78 is 2.07. The zero-order chi connectivity index (χ0) is 13.5. The van der Waals surface area contributed by atoms with Crippen LogP contribution in [0.5, 0.6) is 0 Å². The zero-order valence-corrected chi connectivity index (χ0v) is 11.7. The van der Waals surface area contributed by atoms with E-state index in [2.05, 4.69) is 64.3 Å². The minimum Gasteiger partial charge on any atom is -0.317 e. The van der Waals surface area contributed by atoms with E-state index in [9.17, 15) is 0 Å². The number of aryl methyl sites for hydroxylation is 1. The first-order chi connectivity index (χ1) is 9.35. The van der Waals surface area contributed by atoms with Gasteiger partial charge in [-0.25, -0.2) is 0 Å². The van der Waals surface area contributed by atoms with Crippen LogP contribution in [-0.2, 0) is 13.1 Å². The largest absolute Gasteiger partial charge is 0.317 e. The van der Waals surface area contributed by atoms with Gasteiger partial charge in [0.15, 0.2) is 0 Å². The first kappa shape index (κ1) is 13.7. The van der Waals surface area contributed by atoms with Gasteiger partial charge >= 0.3 is 0 Å². The van der Waals surface area contributed by atoms with E-state index in [1.54, 1.807) is 6.33 Å². The highest BCUT2D eigenvalue weighted by atomic mass is 15.3. The second-order valence-electron chi connectivity index (χ2n) is 4.67. The third-order valence-electron chi connectivity index (χ3n) is 3.32. The topological polar surface area (TPSA) is 42.7 Å². The van der Waals surface area contributed by atoms with E-state index in [-0.39, 0.29) is 0 Å². The van der Waals surface area contributed by atoms with E-state index in [4.69, 9.17) is 0 Å². The smallest absolute Gasteiger partial charge is 0.146 e. The van der Waals surface area contributed by atoms with Crippen LogP contribution >= 0.6 is 0 Å². The van der Waals surface area contributed by atoms with Crippen molar-refractivity contribution in [1.82, 2.24) is 20.1 Å². The molecule has 1 heterocycles. The average molecular weight is 258 g/mol. The fraction of sp³-hybridized carbons (Fsp3) is 0.467. The summed E-state index contributed by atoms with van der Waals surface area (Å²) in [4.78, 5) is 0.